The van der Waals surface area contributed by atoms with E-state index in [9.17, 15) is 19.5 Å². The number of H-pyrrole nitrogens is 1. The molecule has 1 saturated carbocycles. The number of aliphatic hydroxyl groups is 1. The first-order valence-corrected chi connectivity index (χ1v) is 19.4. The van der Waals surface area contributed by atoms with E-state index in [1.54, 1.807) is 19.0 Å². The van der Waals surface area contributed by atoms with E-state index in [0.717, 1.165) is 5.56 Å². The standard InChI is InChI=1S/C35H38BrFN2O8Si/c1-34(2,3)48(6,7)47-35-21(27(39(4)5)30-24(32(35)43)33(44)38-46-30)14-18-13-19-23(28(41)22(18)31(35)42)29(25(36)20(15-40)26(19)37)45-16-17-11-9-8-10-12-17/h8-12,15,18,21,27,41H,13-14,16H2,1-7H3,(H,38,44)/t18-,21-,27-,35-/m0/s1. The molecule has 2 N–H and O–H groups in total. The van der Waals surface area contributed by atoms with Gasteiger partial charge >= 0.3 is 0 Å². The predicted molar refractivity (Wildman–Crippen MR) is 181 cm³/mol. The molecule has 4 atom stereocenters. The predicted octanol–water partition coefficient (Wildman–Crippen LogP) is 6.55. The third-order valence-corrected chi connectivity index (χ3v) is 15.8. The summed E-state index contributed by atoms with van der Waals surface area (Å²) in [6.45, 7) is 9.77. The molecule has 6 rings (SSSR count). The third-order valence-electron chi connectivity index (χ3n) is 10.5. The lowest BCUT2D eigenvalue weighted by Crippen LogP contribution is -2.68. The Morgan fingerprint density at radius 3 is 2.42 bits per heavy atom. The number of aromatic amines is 1. The Bertz CT molecular complexity index is 1940. The smallest absolute Gasteiger partial charge is 0.291 e. The van der Waals surface area contributed by atoms with Gasteiger partial charge in [-0.15, -0.1) is 0 Å². The van der Waals surface area contributed by atoms with E-state index >= 15 is 9.18 Å². The fourth-order valence-corrected chi connectivity index (χ4v) is 9.24. The van der Waals surface area contributed by atoms with Gasteiger partial charge in [-0.2, -0.15) is 5.16 Å². The Hall–Kier alpha value is -3.65. The van der Waals surface area contributed by atoms with Crippen LogP contribution in [0.1, 0.15) is 76.4 Å². The zero-order valence-corrected chi connectivity index (χ0v) is 30.4. The lowest BCUT2D eigenvalue weighted by molar-refractivity contribution is -0.140. The SMILES string of the molecule is CN(C)[C@@H]1c2o[nH]c(=O)c2C(=O)[C@@]2(O[Si](C)(C)C(C)(C)C)C(=O)C3=C(O)c4c(c(F)c(C=O)c(Br)c4OCc4ccccc4)C[C@H]3C[C@@H]12. The fourth-order valence-electron chi connectivity index (χ4n) is 7.21. The second-order valence-corrected chi connectivity index (χ2v) is 20.1. The van der Waals surface area contributed by atoms with Gasteiger partial charge in [0.05, 0.1) is 21.6 Å². The van der Waals surface area contributed by atoms with Crippen molar-refractivity contribution in [1.29, 1.82) is 0 Å². The van der Waals surface area contributed by atoms with Crippen LogP contribution < -0.4 is 10.3 Å². The highest BCUT2D eigenvalue weighted by Gasteiger charge is 2.68. The van der Waals surface area contributed by atoms with Crippen molar-refractivity contribution >= 4 is 47.9 Å². The number of benzene rings is 2. The van der Waals surface area contributed by atoms with Crippen molar-refractivity contribution in [1.82, 2.24) is 10.1 Å². The molecule has 0 saturated heterocycles. The minimum atomic E-state index is -2.96. The molecule has 0 bridgehead atoms. The van der Waals surface area contributed by atoms with Crippen molar-refractivity contribution in [2.75, 3.05) is 14.1 Å². The van der Waals surface area contributed by atoms with Crippen LogP contribution in [0.15, 0.2) is 49.7 Å². The van der Waals surface area contributed by atoms with E-state index in [4.69, 9.17) is 13.7 Å². The largest absolute Gasteiger partial charge is 0.507 e. The maximum absolute atomic E-state index is 16.1. The van der Waals surface area contributed by atoms with Crippen LogP contribution in [-0.2, 0) is 22.2 Å². The van der Waals surface area contributed by atoms with Crippen molar-refractivity contribution in [2.45, 2.75) is 70.0 Å². The molecule has 0 spiro atoms. The molecule has 10 nitrogen and oxygen atoms in total. The van der Waals surface area contributed by atoms with E-state index in [-0.39, 0.29) is 63.3 Å². The van der Waals surface area contributed by atoms with Crippen LogP contribution in [0, 0.1) is 17.7 Å². The topological polar surface area (TPSA) is 139 Å². The van der Waals surface area contributed by atoms with Gasteiger partial charge in [-0.3, -0.25) is 24.1 Å². The summed E-state index contributed by atoms with van der Waals surface area (Å²) < 4.78 is 34.8. The van der Waals surface area contributed by atoms with Gasteiger partial charge in [0, 0.05) is 17.1 Å². The van der Waals surface area contributed by atoms with Crippen LogP contribution in [0.4, 0.5) is 4.39 Å². The van der Waals surface area contributed by atoms with Crippen molar-refractivity contribution in [3.05, 3.63) is 90.1 Å². The zero-order valence-electron chi connectivity index (χ0n) is 27.8. The summed E-state index contributed by atoms with van der Waals surface area (Å²) in [5, 5.41) is 13.9. The van der Waals surface area contributed by atoms with Crippen LogP contribution in [-0.4, -0.2) is 61.0 Å². The van der Waals surface area contributed by atoms with Gasteiger partial charge in [0.15, 0.2) is 26.0 Å². The number of hydrogen-bond donors (Lipinski definition) is 2. The number of hydrogen-bond acceptors (Lipinski definition) is 9. The lowest BCUT2D eigenvalue weighted by Gasteiger charge is -2.55. The molecular weight excluding hydrogens is 703 g/mol. The number of ether oxygens (including phenoxy) is 1. The molecule has 3 aromatic rings. The molecule has 0 unspecified atom stereocenters. The van der Waals surface area contributed by atoms with Gasteiger partial charge in [0.25, 0.3) is 5.56 Å². The second-order valence-electron chi connectivity index (χ2n) is 14.6. The number of Topliss-reactive ketones (excluding diaryl/α,β-unsaturated/α-hetero) is 2. The van der Waals surface area contributed by atoms with Crippen LogP contribution >= 0.6 is 15.9 Å². The van der Waals surface area contributed by atoms with E-state index in [2.05, 4.69) is 21.1 Å². The summed E-state index contributed by atoms with van der Waals surface area (Å²) in [4.78, 5) is 57.0. The van der Waals surface area contributed by atoms with Gasteiger partial charge in [-0.25, -0.2) is 4.39 Å². The first-order valence-electron chi connectivity index (χ1n) is 15.7. The van der Waals surface area contributed by atoms with Crippen LogP contribution in [0.3, 0.4) is 0 Å². The van der Waals surface area contributed by atoms with Gasteiger partial charge < -0.3 is 18.8 Å². The molecule has 1 aromatic heterocycles. The van der Waals surface area contributed by atoms with E-state index in [0.29, 0.717) is 6.29 Å². The van der Waals surface area contributed by atoms with Crippen LogP contribution in [0.5, 0.6) is 5.75 Å². The number of nitrogens with one attached hydrogen (secondary N) is 1. The molecule has 0 radical (unpaired) electrons. The molecule has 254 valence electrons. The number of aldehydes is 1. The number of nitrogens with zero attached hydrogens (tertiary/aromatic N) is 1. The Morgan fingerprint density at radius 2 is 1.81 bits per heavy atom. The molecular formula is C35H38BrFN2O8Si. The molecule has 3 aliphatic rings. The third kappa shape index (κ3) is 4.92. The number of halogens is 2. The van der Waals surface area contributed by atoms with Crippen molar-refractivity contribution < 1.29 is 37.6 Å². The normalized spacial score (nSPS) is 23.8. The molecule has 1 fully saturated rings. The Labute approximate surface area is 286 Å². The fraction of sp³-hybridized carbons (Fsp3) is 0.429. The summed E-state index contributed by atoms with van der Waals surface area (Å²) in [7, 11) is 0.547. The Kier molecular flexibility index (Phi) is 8.37. The molecule has 0 amide bonds. The minimum absolute atomic E-state index is 0.00945. The highest BCUT2D eigenvalue weighted by atomic mass is 79.9. The first-order chi connectivity index (χ1) is 22.5. The molecule has 1 heterocycles. The van der Waals surface area contributed by atoms with Gasteiger partial charge in [-0.05, 0) is 72.5 Å². The molecule has 3 aliphatic carbocycles. The summed E-state index contributed by atoms with van der Waals surface area (Å²) in [6, 6.07) is 8.40. The van der Waals surface area contributed by atoms with E-state index in [1.165, 1.54) is 0 Å². The average molecular weight is 742 g/mol. The van der Waals surface area contributed by atoms with E-state index in [1.807, 2.05) is 64.2 Å². The van der Waals surface area contributed by atoms with Gasteiger partial charge in [0.2, 0.25) is 11.6 Å². The molecule has 13 heteroatoms. The minimum Gasteiger partial charge on any atom is -0.507 e. The van der Waals surface area contributed by atoms with Crippen molar-refractivity contribution in [3.8, 4) is 5.75 Å². The number of aliphatic hydroxyl groups excluding tert-OH is 1. The number of ketones is 2. The summed E-state index contributed by atoms with van der Waals surface area (Å²) >= 11 is 3.32. The summed E-state index contributed by atoms with van der Waals surface area (Å²) in [5.41, 5.74) is -2.88. The first kappa shape index (κ1) is 34.2. The number of fused-ring (bicyclic) bond motifs is 4. The van der Waals surface area contributed by atoms with Gasteiger partial charge in [0.1, 0.15) is 29.5 Å². The molecule has 48 heavy (non-hydrogen) atoms. The Morgan fingerprint density at radius 1 is 1.15 bits per heavy atom. The van der Waals surface area contributed by atoms with E-state index < -0.39 is 65.5 Å². The monoisotopic (exact) mass is 740 g/mol. The van der Waals surface area contributed by atoms with Crippen molar-refractivity contribution in [2.24, 2.45) is 11.8 Å². The van der Waals surface area contributed by atoms with Gasteiger partial charge in [-0.1, -0.05) is 51.1 Å². The quantitative estimate of drug-likeness (QED) is 0.157. The number of rotatable bonds is 7. The maximum Gasteiger partial charge on any atom is 0.291 e. The number of aromatic nitrogens is 1. The van der Waals surface area contributed by atoms with Crippen LogP contribution in [0.2, 0.25) is 18.1 Å². The maximum atomic E-state index is 16.1. The van der Waals surface area contributed by atoms with Crippen molar-refractivity contribution in [3.63, 3.8) is 0 Å². The molecule has 0 aliphatic heterocycles. The average Bonchev–Trinajstić information content (AvgIpc) is 3.39. The highest BCUT2D eigenvalue weighted by molar-refractivity contribution is 9.10. The summed E-state index contributed by atoms with van der Waals surface area (Å²) in [6.07, 6.45) is 0.425. The number of carbonyl (C=O) groups excluding carboxylic acids is 3. The highest BCUT2D eigenvalue weighted by Crippen LogP contribution is 2.58. The zero-order chi connectivity index (χ0) is 35.1. The lowest BCUT2D eigenvalue weighted by atomic mass is 9.57. The van der Waals surface area contributed by atoms with Crippen LogP contribution in [0.25, 0.3) is 5.76 Å². The molecule has 2 aromatic carbocycles. The number of carbonyl (C=O) groups is 3. The summed E-state index contributed by atoms with van der Waals surface area (Å²) in [5.74, 6) is -4.52. The Balaban J connectivity index is 1.61. The second kappa shape index (κ2) is 11.7.